The highest BCUT2D eigenvalue weighted by Crippen LogP contribution is 2.55. The molecule has 1 aromatic rings. The molecule has 0 aliphatic carbocycles. The van der Waals surface area contributed by atoms with Crippen molar-refractivity contribution in [2.75, 3.05) is 19.7 Å². The third-order valence-corrected chi connectivity index (χ3v) is 6.03. The third kappa shape index (κ3) is 2.34. The maximum Gasteiger partial charge on any atom is 0.127 e. The summed E-state index contributed by atoms with van der Waals surface area (Å²) < 4.78 is 12.7. The van der Waals surface area contributed by atoms with Gasteiger partial charge in [-0.2, -0.15) is 0 Å². The Bertz CT molecular complexity index is 580. The highest BCUT2D eigenvalue weighted by atomic mass is 35.5. The monoisotopic (exact) mass is 321 g/mol. The largest absolute Gasteiger partial charge is 0.487 e. The van der Waals surface area contributed by atoms with Gasteiger partial charge in [0.25, 0.3) is 0 Å². The maximum atomic E-state index is 6.43. The molecule has 1 spiro atoms. The Morgan fingerprint density at radius 2 is 2.00 bits per heavy atom. The van der Waals surface area contributed by atoms with Crippen molar-refractivity contribution in [2.45, 2.75) is 44.8 Å². The zero-order valence-electron chi connectivity index (χ0n) is 13.3. The normalized spacial score (nSPS) is 32.0. The van der Waals surface area contributed by atoms with Crippen LogP contribution in [-0.2, 0) is 4.74 Å². The lowest BCUT2D eigenvalue weighted by atomic mass is 9.64. The summed E-state index contributed by atoms with van der Waals surface area (Å²) in [4.78, 5) is 0. The van der Waals surface area contributed by atoms with Gasteiger partial charge in [0.15, 0.2) is 0 Å². The number of benzene rings is 1. The van der Waals surface area contributed by atoms with Gasteiger partial charge in [0.05, 0.1) is 12.7 Å². The Hall–Kier alpha value is -0.770. The SMILES string of the molecule is CC1(C)Oc2cc(Cl)ccc2C2OCC3(CCNCC3)CC21. The smallest absolute Gasteiger partial charge is 0.127 e. The average Bonchev–Trinajstić information content (AvgIpc) is 2.48. The molecule has 4 heteroatoms. The van der Waals surface area contributed by atoms with Crippen LogP contribution in [0.1, 0.15) is 44.8 Å². The van der Waals surface area contributed by atoms with E-state index in [2.05, 4.69) is 25.2 Å². The molecular weight excluding hydrogens is 298 g/mol. The summed E-state index contributed by atoms with van der Waals surface area (Å²) in [5.74, 6) is 1.29. The second kappa shape index (κ2) is 5.12. The average molecular weight is 322 g/mol. The van der Waals surface area contributed by atoms with Crippen LogP contribution in [0.25, 0.3) is 0 Å². The van der Waals surface area contributed by atoms with Crippen molar-refractivity contribution in [2.24, 2.45) is 11.3 Å². The summed E-state index contributed by atoms with van der Waals surface area (Å²) >= 11 is 6.13. The van der Waals surface area contributed by atoms with Crippen LogP contribution in [0.5, 0.6) is 5.75 Å². The van der Waals surface area contributed by atoms with Crippen LogP contribution in [0.4, 0.5) is 0 Å². The molecule has 0 amide bonds. The van der Waals surface area contributed by atoms with E-state index in [1.807, 2.05) is 12.1 Å². The van der Waals surface area contributed by atoms with Gasteiger partial charge in [0, 0.05) is 16.5 Å². The second-order valence-electron chi connectivity index (χ2n) is 7.68. The molecule has 120 valence electrons. The first-order valence-electron chi connectivity index (χ1n) is 8.30. The molecule has 0 saturated carbocycles. The predicted octanol–water partition coefficient (Wildman–Crippen LogP) is 3.96. The Morgan fingerprint density at radius 3 is 2.77 bits per heavy atom. The maximum absolute atomic E-state index is 6.43. The molecule has 2 saturated heterocycles. The van der Waals surface area contributed by atoms with E-state index in [0.717, 1.165) is 36.0 Å². The van der Waals surface area contributed by atoms with Gasteiger partial charge in [-0.05, 0) is 63.7 Å². The van der Waals surface area contributed by atoms with Crippen LogP contribution >= 0.6 is 11.6 Å². The standard InChI is InChI=1S/C18H24ClNO2/c1-17(2)14-10-18(5-7-20-8-6-18)11-21-16(14)13-4-3-12(19)9-15(13)22-17/h3-4,9,14,16,20H,5-8,10-11H2,1-2H3. The van der Waals surface area contributed by atoms with Crippen LogP contribution in [0.2, 0.25) is 5.02 Å². The fourth-order valence-corrected chi connectivity index (χ4v) is 4.59. The topological polar surface area (TPSA) is 30.5 Å². The highest BCUT2D eigenvalue weighted by molar-refractivity contribution is 6.30. The van der Waals surface area contributed by atoms with Crippen molar-refractivity contribution in [3.05, 3.63) is 28.8 Å². The zero-order chi connectivity index (χ0) is 15.4. The van der Waals surface area contributed by atoms with Gasteiger partial charge in [-0.3, -0.25) is 0 Å². The quantitative estimate of drug-likeness (QED) is 0.784. The number of nitrogens with one attached hydrogen (secondary N) is 1. The molecule has 4 rings (SSSR count). The first-order valence-corrected chi connectivity index (χ1v) is 8.68. The van der Waals surface area contributed by atoms with Crippen LogP contribution < -0.4 is 10.1 Å². The molecule has 1 aromatic carbocycles. The molecule has 3 heterocycles. The van der Waals surface area contributed by atoms with E-state index in [1.54, 1.807) is 0 Å². The first kappa shape index (κ1) is 14.8. The van der Waals surface area contributed by atoms with E-state index in [-0.39, 0.29) is 11.7 Å². The zero-order valence-corrected chi connectivity index (χ0v) is 14.1. The van der Waals surface area contributed by atoms with Crippen molar-refractivity contribution in [3.8, 4) is 5.75 Å². The van der Waals surface area contributed by atoms with Crippen LogP contribution in [0.15, 0.2) is 18.2 Å². The van der Waals surface area contributed by atoms with Crippen molar-refractivity contribution in [3.63, 3.8) is 0 Å². The van der Waals surface area contributed by atoms with Gasteiger partial charge in [0.1, 0.15) is 11.4 Å². The van der Waals surface area contributed by atoms with Gasteiger partial charge >= 0.3 is 0 Å². The van der Waals surface area contributed by atoms with Crippen LogP contribution in [-0.4, -0.2) is 25.3 Å². The first-order chi connectivity index (χ1) is 10.5. The van der Waals surface area contributed by atoms with E-state index >= 15 is 0 Å². The van der Waals surface area contributed by atoms with Crippen molar-refractivity contribution in [1.82, 2.24) is 5.32 Å². The third-order valence-electron chi connectivity index (χ3n) is 5.80. The molecule has 0 bridgehead atoms. The van der Waals surface area contributed by atoms with Gasteiger partial charge in [-0.25, -0.2) is 0 Å². The lowest BCUT2D eigenvalue weighted by molar-refractivity contribution is -0.169. The highest BCUT2D eigenvalue weighted by Gasteiger charge is 2.52. The Kier molecular flexibility index (Phi) is 3.44. The molecule has 3 nitrogen and oxygen atoms in total. The van der Waals surface area contributed by atoms with Crippen molar-refractivity contribution < 1.29 is 9.47 Å². The van der Waals surface area contributed by atoms with E-state index in [4.69, 9.17) is 21.1 Å². The lowest BCUT2D eigenvalue weighted by Crippen LogP contribution is -2.53. The van der Waals surface area contributed by atoms with Crippen LogP contribution in [0, 0.1) is 11.3 Å². The minimum Gasteiger partial charge on any atom is -0.487 e. The number of hydrogen-bond acceptors (Lipinski definition) is 3. The number of rotatable bonds is 0. The number of piperidine rings is 1. The number of hydrogen-bond donors (Lipinski definition) is 1. The Morgan fingerprint density at radius 1 is 1.23 bits per heavy atom. The molecule has 3 aliphatic rings. The van der Waals surface area contributed by atoms with Crippen molar-refractivity contribution in [1.29, 1.82) is 0 Å². The molecule has 2 fully saturated rings. The Balaban J connectivity index is 1.69. The number of halogens is 1. The second-order valence-corrected chi connectivity index (χ2v) is 8.12. The molecular formula is C18H24ClNO2. The van der Waals surface area contributed by atoms with E-state index < -0.39 is 0 Å². The lowest BCUT2D eigenvalue weighted by Gasteiger charge is -2.53. The van der Waals surface area contributed by atoms with E-state index in [1.165, 1.54) is 19.3 Å². The molecule has 3 aliphatic heterocycles. The minimum absolute atomic E-state index is 0.136. The Labute approximate surface area is 137 Å². The van der Waals surface area contributed by atoms with Gasteiger partial charge in [-0.1, -0.05) is 17.7 Å². The predicted molar refractivity (Wildman–Crippen MR) is 87.5 cm³/mol. The summed E-state index contributed by atoms with van der Waals surface area (Å²) in [5, 5.41) is 4.19. The van der Waals surface area contributed by atoms with Crippen molar-refractivity contribution >= 4 is 11.6 Å². The molecule has 0 radical (unpaired) electrons. The van der Waals surface area contributed by atoms with Gasteiger partial charge in [-0.15, -0.1) is 0 Å². The summed E-state index contributed by atoms with van der Waals surface area (Å²) in [6, 6.07) is 5.94. The number of fused-ring (bicyclic) bond motifs is 3. The molecule has 1 N–H and O–H groups in total. The molecule has 2 unspecified atom stereocenters. The number of ether oxygens (including phenoxy) is 2. The van der Waals surface area contributed by atoms with Gasteiger partial charge in [0.2, 0.25) is 0 Å². The fraction of sp³-hybridized carbons (Fsp3) is 0.667. The van der Waals surface area contributed by atoms with Gasteiger partial charge < -0.3 is 14.8 Å². The van der Waals surface area contributed by atoms with E-state index in [9.17, 15) is 0 Å². The summed E-state index contributed by atoms with van der Waals surface area (Å²) in [5.41, 5.74) is 1.27. The summed E-state index contributed by atoms with van der Waals surface area (Å²) in [7, 11) is 0. The molecule has 2 atom stereocenters. The summed E-state index contributed by atoms with van der Waals surface area (Å²) in [6.45, 7) is 7.46. The molecule has 22 heavy (non-hydrogen) atoms. The van der Waals surface area contributed by atoms with Crippen LogP contribution in [0.3, 0.4) is 0 Å². The fourth-order valence-electron chi connectivity index (χ4n) is 4.43. The molecule has 0 aromatic heterocycles. The minimum atomic E-state index is -0.222. The summed E-state index contributed by atoms with van der Waals surface area (Å²) in [6.07, 6.45) is 3.74. The van der Waals surface area contributed by atoms with E-state index in [0.29, 0.717) is 11.3 Å².